The van der Waals surface area contributed by atoms with Gasteiger partial charge in [-0.3, -0.25) is 0 Å². The highest BCUT2D eigenvalue weighted by Crippen LogP contribution is 2.21. The van der Waals surface area contributed by atoms with E-state index in [1.807, 2.05) is 12.1 Å². The average Bonchev–Trinajstić information content (AvgIpc) is 2.43. The molecule has 0 aliphatic carbocycles. The van der Waals surface area contributed by atoms with Gasteiger partial charge in [-0.25, -0.2) is 10.8 Å². The average molecular weight is 252 g/mol. The molecule has 102 valence electrons. The monoisotopic (exact) mass is 252 g/mol. The van der Waals surface area contributed by atoms with Crippen molar-refractivity contribution in [3.63, 3.8) is 0 Å². The van der Waals surface area contributed by atoms with Crippen molar-refractivity contribution in [1.82, 2.24) is 4.98 Å². The lowest BCUT2D eigenvalue weighted by atomic mass is 10.1. The summed E-state index contributed by atoms with van der Waals surface area (Å²) in [6, 6.07) is 4.48. The van der Waals surface area contributed by atoms with Gasteiger partial charge in [0.15, 0.2) is 0 Å². The van der Waals surface area contributed by atoms with E-state index in [4.69, 9.17) is 10.6 Å². The zero-order valence-electron chi connectivity index (χ0n) is 11.5. The second kappa shape index (κ2) is 7.89. The van der Waals surface area contributed by atoms with Crippen molar-refractivity contribution < 1.29 is 4.74 Å². The standard InChI is InChI=1S/C13H24N4O/c1-4-11(5-2)17(8-9-18-3)12-6-7-15-13(10-12)16-14/h6-7,10-11H,4-5,8-9,14H2,1-3H3,(H,15,16). The molecule has 0 bridgehead atoms. The number of aromatic nitrogens is 1. The van der Waals surface area contributed by atoms with Gasteiger partial charge in [-0.1, -0.05) is 13.8 Å². The van der Waals surface area contributed by atoms with Crippen LogP contribution in [0.2, 0.25) is 0 Å². The lowest BCUT2D eigenvalue weighted by Crippen LogP contribution is -2.37. The van der Waals surface area contributed by atoms with E-state index in [2.05, 4.69) is 29.2 Å². The van der Waals surface area contributed by atoms with Crippen LogP contribution < -0.4 is 16.2 Å². The van der Waals surface area contributed by atoms with E-state index in [-0.39, 0.29) is 0 Å². The van der Waals surface area contributed by atoms with Crippen LogP contribution in [0.25, 0.3) is 0 Å². The van der Waals surface area contributed by atoms with Crippen molar-refractivity contribution in [1.29, 1.82) is 0 Å². The number of nitrogens with two attached hydrogens (primary N) is 1. The highest BCUT2D eigenvalue weighted by Gasteiger charge is 2.15. The van der Waals surface area contributed by atoms with E-state index in [1.165, 1.54) is 0 Å². The third-order valence-electron chi connectivity index (χ3n) is 3.14. The minimum absolute atomic E-state index is 0.508. The Morgan fingerprint density at radius 2 is 2.17 bits per heavy atom. The van der Waals surface area contributed by atoms with Gasteiger partial charge in [0.05, 0.1) is 6.61 Å². The molecule has 18 heavy (non-hydrogen) atoms. The molecular formula is C13H24N4O. The van der Waals surface area contributed by atoms with Crippen molar-refractivity contribution in [2.45, 2.75) is 32.7 Å². The van der Waals surface area contributed by atoms with Crippen LogP contribution in [0.1, 0.15) is 26.7 Å². The Bertz CT molecular complexity index is 342. The first kappa shape index (κ1) is 14.7. The Labute approximate surface area is 109 Å². The second-order valence-corrected chi connectivity index (χ2v) is 4.20. The van der Waals surface area contributed by atoms with E-state index >= 15 is 0 Å². The third-order valence-corrected chi connectivity index (χ3v) is 3.14. The molecule has 1 rings (SSSR count). The Kier molecular flexibility index (Phi) is 6.46. The highest BCUT2D eigenvalue weighted by atomic mass is 16.5. The Hall–Kier alpha value is -1.33. The maximum atomic E-state index is 5.40. The molecule has 0 saturated carbocycles. The number of hydrogen-bond donors (Lipinski definition) is 2. The number of hydrazine groups is 1. The van der Waals surface area contributed by atoms with Crippen LogP contribution in [0.4, 0.5) is 11.5 Å². The van der Waals surface area contributed by atoms with E-state index in [9.17, 15) is 0 Å². The molecule has 0 spiro atoms. The first-order valence-corrected chi connectivity index (χ1v) is 6.45. The molecule has 0 fully saturated rings. The Balaban J connectivity index is 2.92. The quantitative estimate of drug-likeness (QED) is 0.547. The Morgan fingerprint density at radius 3 is 2.72 bits per heavy atom. The summed E-state index contributed by atoms with van der Waals surface area (Å²) in [6.07, 6.45) is 3.98. The van der Waals surface area contributed by atoms with Crippen LogP contribution in [-0.4, -0.2) is 31.3 Å². The van der Waals surface area contributed by atoms with E-state index < -0.39 is 0 Å². The zero-order valence-corrected chi connectivity index (χ0v) is 11.5. The fraction of sp³-hybridized carbons (Fsp3) is 0.615. The summed E-state index contributed by atoms with van der Waals surface area (Å²) >= 11 is 0. The molecule has 3 N–H and O–H groups in total. The topological polar surface area (TPSA) is 63.4 Å². The molecule has 0 aliphatic heterocycles. The van der Waals surface area contributed by atoms with E-state index in [0.29, 0.717) is 18.5 Å². The maximum Gasteiger partial charge on any atom is 0.141 e. The molecule has 0 unspecified atom stereocenters. The SMILES string of the molecule is CCC(CC)N(CCOC)c1ccnc(NN)c1. The first-order valence-electron chi connectivity index (χ1n) is 6.45. The number of rotatable bonds is 8. The molecule has 0 aliphatic rings. The lowest BCUT2D eigenvalue weighted by Gasteiger charge is -2.32. The molecule has 1 aromatic rings. The molecule has 0 amide bonds. The molecule has 5 heteroatoms. The van der Waals surface area contributed by atoms with E-state index in [0.717, 1.165) is 25.1 Å². The fourth-order valence-corrected chi connectivity index (χ4v) is 2.12. The number of methoxy groups -OCH3 is 1. The van der Waals surface area contributed by atoms with Gasteiger partial charge in [-0.15, -0.1) is 0 Å². The predicted octanol–water partition coefficient (Wildman–Crippen LogP) is 2.01. The molecule has 0 radical (unpaired) electrons. The summed E-state index contributed by atoms with van der Waals surface area (Å²) in [5.74, 6) is 6.09. The largest absolute Gasteiger partial charge is 0.383 e. The van der Waals surface area contributed by atoms with Crippen molar-refractivity contribution in [2.75, 3.05) is 30.6 Å². The molecular weight excluding hydrogens is 228 g/mol. The molecule has 0 aromatic carbocycles. The van der Waals surface area contributed by atoms with Gasteiger partial charge in [-0.2, -0.15) is 0 Å². The predicted molar refractivity (Wildman–Crippen MR) is 75.6 cm³/mol. The second-order valence-electron chi connectivity index (χ2n) is 4.20. The van der Waals surface area contributed by atoms with E-state index in [1.54, 1.807) is 13.3 Å². The molecule has 0 atom stereocenters. The van der Waals surface area contributed by atoms with Crippen LogP contribution >= 0.6 is 0 Å². The zero-order chi connectivity index (χ0) is 13.4. The molecule has 1 aromatic heterocycles. The minimum atomic E-state index is 0.508. The lowest BCUT2D eigenvalue weighted by molar-refractivity contribution is 0.202. The minimum Gasteiger partial charge on any atom is -0.383 e. The van der Waals surface area contributed by atoms with Crippen molar-refractivity contribution in [2.24, 2.45) is 5.84 Å². The summed E-state index contributed by atoms with van der Waals surface area (Å²) < 4.78 is 5.19. The molecule has 5 nitrogen and oxygen atoms in total. The van der Waals surface area contributed by atoms with Crippen LogP contribution in [-0.2, 0) is 4.74 Å². The molecule has 0 saturated heterocycles. The van der Waals surface area contributed by atoms with Crippen molar-refractivity contribution in [3.8, 4) is 0 Å². The van der Waals surface area contributed by atoms with Gasteiger partial charge >= 0.3 is 0 Å². The summed E-state index contributed by atoms with van der Waals surface area (Å²) in [7, 11) is 1.73. The van der Waals surface area contributed by atoms with Gasteiger partial charge in [-0.05, 0) is 18.9 Å². The number of nitrogen functional groups attached to an aromatic ring is 1. The van der Waals surface area contributed by atoms with Crippen LogP contribution in [0.5, 0.6) is 0 Å². The summed E-state index contributed by atoms with van der Waals surface area (Å²) in [4.78, 5) is 6.49. The number of ether oxygens (including phenoxy) is 1. The van der Waals surface area contributed by atoms with Gasteiger partial charge in [0.25, 0.3) is 0 Å². The fourth-order valence-electron chi connectivity index (χ4n) is 2.12. The van der Waals surface area contributed by atoms with Gasteiger partial charge in [0.1, 0.15) is 5.82 Å². The first-order chi connectivity index (χ1) is 8.76. The number of pyridine rings is 1. The van der Waals surface area contributed by atoms with Gasteiger partial charge in [0.2, 0.25) is 0 Å². The van der Waals surface area contributed by atoms with Gasteiger partial charge < -0.3 is 15.1 Å². The summed E-state index contributed by atoms with van der Waals surface area (Å²) in [5.41, 5.74) is 3.71. The van der Waals surface area contributed by atoms with Crippen LogP contribution in [0.3, 0.4) is 0 Å². The summed E-state index contributed by atoms with van der Waals surface area (Å²) in [5, 5.41) is 0. The third kappa shape index (κ3) is 3.85. The maximum absolute atomic E-state index is 5.40. The summed E-state index contributed by atoms with van der Waals surface area (Å²) in [6.45, 7) is 6.00. The number of anilines is 2. The van der Waals surface area contributed by atoms with Crippen LogP contribution in [0.15, 0.2) is 18.3 Å². The number of hydrogen-bond acceptors (Lipinski definition) is 5. The number of nitrogens with zero attached hydrogens (tertiary/aromatic N) is 2. The number of nitrogens with one attached hydrogen (secondary N) is 1. The normalized spacial score (nSPS) is 10.7. The Morgan fingerprint density at radius 1 is 1.44 bits per heavy atom. The van der Waals surface area contributed by atoms with Crippen molar-refractivity contribution >= 4 is 11.5 Å². The molecule has 1 heterocycles. The van der Waals surface area contributed by atoms with Crippen molar-refractivity contribution in [3.05, 3.63) is 18.3 Å². The highest BCUT2D eigenvalue weighted by molar-refractivity contribution is 5.54. The van der Waals surface area contributed by atoms with Crippen LogP contribution in [0, 0.1) is 0 Å². The van der Waals surface area contributed by atoms with Gasteiger partial charge in [0, 0.05) is 37.6 Å². The smallest absolute Gasteiger partial charge is 0.141 e.